The van der Waals surface area contributed by atoms with Crippen LogP contribution in [0.4, 0.5) is 0 Å². The molecule has 1 unspecified atom stereocenters. The fourth-order valence-electron chi connectivity index (χ4n) is 2.24. The Balaban J connectivity index is 2.95. The molecule has 0 spiro atoms. The standard InChI is InChI=1S/C16H27NO3/c1-16(2,20-6)11-10-13(17-3)12-8-7-9-14(18-4)15(12)19-5/h7-9,13,17H,10-11H2,1-6H3. The first kappa shape index (κ1) is 16.8. The fourth-order valence-corrected chi connectivity index (χ4v) is 2.24. The Morgan fingerprint density at radius 3 is 2.35 bits per heavy atom. The maximum Gasteiger partial charge on any atom is 0.165 e. The quantitative estimate of drug-likeness (QED) is 0.794. The largest absolute Gasteiger partial charge is 0.493 e. The van der Waals surface area contributed by atoms with Gasteiger partial charge in [-0.25, -0.2) is 0 Å². The molecular weight excluding hydrogens is 254 g/mol. The summed E-state index contributed by atoms with van der Waals surface area (Å²) in [7, 11) is 7.04. The minimum absolute atomic E-state index is 0.124. The van der Waals surface area contributed by atoms with E-state index < -0.39 is 0 Å². The number of methoxy groups -OCH3 is 3. The zero-order valence-corrected chi connectivity index (χ0v) is 13.4. The molecule has 0 aliphatic carbocycles. The van der Waals surface area contributed by atoms with E-state index in [2.05, 4.69) is 25.2 Å². The van der Waals surface area contributed by atoms with E-state index in [9.17, 15) is 0 Å². The summed E-state index contributed by atoms with van der Waals surface area (Å²) in [6.07, 6.45) is 1.91. The van der Waals surface area contributed by atoms with E-state index in [4.69, 9.17) is 14.2 Å². The highest BCUT2D eigenvalue weighted by Crippen LogP contribution is 2.36. The van der Waals surface area contributed by atoms with Gasteiger partial charge in [0, 0.05) is 18.7 Å². The van der Waals surface area contributed by atoms with Crippen LogP contribution in [0.25, 0.3) is 0 Å². The number of benzene rings is 1. The van der Waals surface area contributed by atoms with E-state index in [-0.39, 0.29) is 11.6 Å². The Morgan fingerprint density at radius 1 is 1.15 bits per heavy atom. The third-order valence-corrected chi connectivity index (χ3v) is 3.74. The van der Waals surface area contributed by atoms with Crippen LogP contribution in [0.15, 0.2) is 18.2 Å². The molecule has 0 saturated carbocycles. The Kier molecular flexibility index (Phi) is 6.30. The Bertz CT molecular complexity index is 418. The fraction of sp³-hybridized carbons (Fsp3) is 0.625. The third kappa shape index (κ3) is 4.12. The van der Waals surface area contributed by atoms with Gasteiger partial charge in [-0.15, -0.1) is 0 Å². The highest BCUT2D eigenvalue weighted by atomic mass is 16.5. The van der Waals surface area contributed by atoms with Gasteiger partial charge in [0.05, 0.1) is 19.8 Å². The van der Waals surface area contributed by atoms with E-state index >= 15 is 0 Å². The highest BCUT2D eigenvalue weighted by Gasteiger charge is 2.22. The lowest BCUT2D eigenvalue weighted by atomic mass is 9.94. The molecule has 20 heavy (non-hydrogen) atoms. The number of para-hydroxylation sites is 1. The van der Waals surface area contributed by atoms with Gasteiger partial charge in [-0.1, -0.05) is 12.1 Å². The molecule has 0 saturated heterocycles. The normalized spacial score (nSPS) is 13.1. The first-order chi connectivity index (χ1) is 9.49. The van der Waals surface area contributed by atoms with Crippen LogP contribution in [0.3, 0.4) is 0 Å². The lowest BCUT2D eigenvalue weighted by molar-refractivity contribution is 0.0118. The van der Waals surface area contributed by atoms with Crippen molar-refractivity contribution in [1.82, 2.24) is 5.32 Å². The second kappa shape index (κ2) is 7.50. The number of rotatable bonds is 8. The molecule has 0 heterocycles. The summed E-state index contributed by atoms with van der Waals surface area (Å²) >= 11 is 0. The van der Waals surface area contributed by atoms with Crippen molar-refractivity contribution >= 4 is 0 Å². The van der Waals surface area contributed by atoms with E-state index in [1.807, 2.05) is 19.2 Å². The summed E-state index contributed by atoms with van der Waals surface area (Å²) in [6, 6.07) is 6.17. The molecule has 1 aromatic carbocycles. The van der Waals surface area contributed by atoms with Crippen molar-refractivity contribution in [2.45, 2.75) is 38.3 Å². The van der Waals surface area contributed by atoms with Gasteiger partial charge < -0.3 is 19.5 Å². The van der Waals surface area contributed by atoms with Crippen LogP contribution in [-0.2, 0) is 4.74 Å². The van der Waals surface area contributed by atoms with Gasteiger partial charge in [-0.3, -0.25) is 0 Å². The van der Waals surface area contributed by atoms with Crippen LogP contribution in [0.2, 0.25) is 0 Å². The van der Waals surface area contributed by atoms with Crippen LogP contribution in [0.1, 0.15) is 38.3 Å². The van der Waals surface area contributed by atoms with Crippen molar-refractivity contribution in [3.05, 3.63) is 23.8 Å². The molecule has 0 aliphatic heterocycles. The lowest BCUT2D eigenvalue weighted by Crippen LogP contribution is -2.26. The molecule has 0 aromatic heterocycles. The van der Waals surface area contributed by atoms with Gasteiger partial charge in [0.2, 0.25) is 0 Å². The minimum atomic E-state index is -0.124. The number of nitrogens with one attached hydrogen (secondary N) is 1. The molecule has 1 N–H and O–H groups in total. The predicted molar refractivity (Wildman–Crippen MR) is 81.7 cm³/mol. The molecule has 4 heteroatoms. The maximum atomic E-state index is 5.51. The van der Waals surface area contributed by atoms with Crippen LogP contribution in [0.5, 0.6) is 11.5 Å². The number of hydrogen-bond acceptors (Lipinski definition) is 4. The van der Waals surface area contributed by atoms with Gasteiger partial charge >= 0.3 is 0 Å². The van der Waals surface area contributed by atoms with Gasteiger partial charge in [-0.2, -0.15) is 0 Å². The Morgan fingerprint density at radius 2 is 1.85 bits per heavy atom. The van der Waals surface area contributed by atoms with Gasteiger partial charge in [0.1, 0.15) is 0 Å². The van der Waals surface area contributed by atoms with Gasteiger partial charge in [0.25, 0.3) is 0 Å². The monoisotopic (exact) mass is 281 g/mol. The predicted octanol–water partition coefficient (Wildman–Crippen LogP) is 3.17. The zero-order chi connectivity index (χ0) is 15.2. The minimum Gasteiger partial charge on any atom is -0.493 e. The third-order valence-electron chi connectivity index (χ3n) is 3.74. The first-order valence-corrected chi connectivity index (χ1v) is 6.92. The molecule has 0 radical (unpaired) electrons. The van der Waals surface area contributed by atoms with E-state index in [0.717, 1.165) is 29.9 Å². The van der Waals surface area contributed by atoms with Crippen LogP contribution < -0.4 is 14.8 Å². The van der Waals surface area contributed by atoms with E-state index in [0.29, 0.717) is 0 Å². The molecule has 1 rings (SSSR count). The van der Waals surface area contributed by atoms with Crippen LogP contribution >= 0.6 is 0 Å². The molecular formula is C16H27NO3. The highest BCUT2D eigenvalue weighted by molar-refractivity contribution is 5.48. The van der Waals surface area contributed by atoms with Crippen molar-refractivity contribution in [1.29, 1.82) is 0 Å². The number of hydrogen-bond donors (Lipinski definition) is 1. The first-order valence-electron chi connectivity index (χ1n) is 6.92. The Hall–Kier alpha value is -1.26. The smallest absolute Gasteiger partial charge is 0.165 e. The molecule has 1 aromatic rings. The zero-order valence-electron chi connectivity index (χ0n) is 13.4. The molecule has 0 aliphatic rings. The molecule has 0 bridgehead atoms. The topological polar surface area (TPSA) is 39.7 Å². The summed E-state index contributed by atoms with van der Waals surface area (Å²) in [5.41, 5.74) is 0.988. The SMILES string of the molecule is CNC(CCC(C)(C)OC)c1cccc(OC)c1OC. The summed E-state index contributed by atoms with van der Waals surface area (Å²) in [6.45, 7) is 4.20. The Labute approximate surface area is 122 Å². The second-order valence-electron chi connectivity index (χ2n) is 5.43. The van der Waals surface area contributed by atoms with Crippen molar-refractivity contribution in [3.8, 4) is 11.5 Å². The molecule has 4 nitrogen and oxygen atoms in total. The van der Waals surface area contributed by atoms with Crippen molar-refractivity contribution < 1.29 is 14.2 Å². The lowest BCUT2D eigenvalue weighted by Gasteiger charge is -2.27. The van der Waals surface area contributed by atoms with Crippen molar-refractivity contribution in [3.63, 3.8) is 0 Å². The summed E-state index contributed by atoms with van der Waals surface area (Å²) in [5.74, 6) is 1.56. The molecule has 0 amide bonds. The van der Waals surface area contributed by atoms with Gasteiger partial charge in [-0.05, 0) is 39.8 Å². The van der Waals surface area contributed by atoms with Gasteiger partial charge in [0.15, 0.2) is 11.5 Å². The van der Waals surface area contributed by atoms with E-state index in [1.165, 1.54) is 0 Å². The van der Waals surface area contributed by atoms with E-state index in [1.54, 1.807) is 21.3 Å². The molecule has 1 atom stereocenters. The summed E-state index contributed by atoms with van der Waals surface area (Å²) < 4.78 is 16.4. The summed E-state index contributed by atoms with van der Waals surface area (Å²) in [4.78, 5) is 0. The molecule has 114 valence electrons. The average molecular weight is 281 g/mol. The average Bonchev–Trinajstić information content (AvgIpc) is 2.47. The van der Waals surface area contributed by atoms with Crippen LogP contribution in [0, 0.1) is 0 Å². The second-order valence-corrected chi connectivity index (χ2v) is 5.43. The van der Waals surface area contributed by atoms with Crippen LogP contribution in [-0.4, -0.2) is 34.0 Å². The van der Waals surface area contributed by atoms with Crippen molar-refractivity contribution in [2.24, 2.45) is 0 Å². The molecule has 0 fully saturated rings. The number of ether oxygens (including phenoxy) is 3. The summed E-state index contributed by atoms with van der Waals surface area (Å²) in [5, 5.41) is 3.35. The maximum absolute atomic E-state index is 5.51. The van der Waals surface area contributed by atoms with Crippen molar-refractivity contribution in [2.75, 3.05) is 28.4 Å².